The zero-order valence-electron chi connectivity index (χ0n) is 12.5. The Morgan fingerprint density at radius 3 is 2.62 bits per heavy atom. The predicted molar refractivity (Wildman–Crippen MR) is 81.1 cm³/mol. The monoisotopic (exact) mass is 292 g/mol. The predicted octanol–water partition coefficient (Wildman–Crippen LogP) is 0.431. The lowest BCUT2D eigenvalue weighted by atomic mass is 9.72. The minimum atomic E-state index is -0.520. The van der Waals surface area contributed by atoms with E-state index in [9.17, 15) is 9.90 Å². The molecule has 0 spiro atoms. The lowest BCUT2D eigenvalue weighted by Gasteiger charge is -2.37. The van der Waals surface area contributed by atoms with Crippen LogP contribution in [0.3, 0.4) is 0 Å². The first kappa shape index (κ1) is 15.9. The summed E-state index contributed by atoms with van der Waals surface area (Å²) in [5, 5.41) is 15.6. The molecule has 116 valence electrons. The number of carbonyl (C=O) groups excluding carboxylic acids is 1. The van der Waals surface area contributed by atoms with Gasteiger partial charge in [-0.3, -0.25) is 4.79 Å². The third-order valence-electron chi connectivity index (χ3n) is 4.14. The molecule has 21 heavy (non-hydrogen) atoms. The van der Waals surface area contributed by atoms with E-state index < -0.39 is 5.41 Å². The molecule has 0 aliphatic carbocycles. The molecule has 1 heterocycles. The molecule has 1 saturated heterocycles. The van der Waals surface area contributed by atoms with Gasteiger partial charge in [0.2, 0.25) is 5.91 Å². The van der Waals surface area contributed by atoms with Crippen LogP contribution in [0.5, 0.6) is 0 Å². The molecule has 1 aromatic carbocycles. The molecule has 1 amide bonds. The zero-order valence-corrected chi connectivity index (χ0v) is 12.5. The van der Waals surface area contributed by atoms with Crippen molar-refractivity contribution < 1.29 is 14.6 Å². The van der Waals surface area contributed by atoms with Gasteiger partial charge >= 0.3 is 0 Å². The van der Waals surface area contributed by atoms with E-state index >= 15 is 0 Å². The molecule has 1 atom stereocenters. The second kappa shape index (κ2) is 7.54. The van der Waals surface area contributed by atoms with E-state index in [-0.39, 0.29) is 18.6 Å². The van der Waals surface area contributed by atoms with Crippen LogP contribution < -0.4 is 10.6 Å². The molecule has 1 aromatic rings. The van der Waals surface area contributed by atoms with Gasteiger partial charge in [-0.15, -0.1) is 0 Å². The summed E-state index contributed by atoms with van der Waals surface area (Å²) in [6.45, 7) is 1.82. The van der Waals surface area contributed by atoms with Crippen LogP contribution in [0.15, 0.2) is 30.3 Å². The number of hydrogen-bond donors (Lipinski definition) is 3. The van der Waals surface area contributed by atoms with Crippen LogP contribution in [0.25, 0.3) is 0 Å². The number of carbonyl (C=O) groups is 1. The Hall–Kier alpha value is -1.43. The van der Waals surface area contributed by atoms with Crippen molar-refractivity contribution in [3.63, 3.8) is 0 Å². The van der Waals surface area contributed by atoms with Crippen LogP contribution >= 0.6 is 0 Å². The number of rotatable bonds is 6. The zero-order chi connectivity index (χ0) is 15.1. The number of methoxy groups -OCH3 is 1. The fraction of sp³-hybridized carbons (Fsp3) is 0.562. The average Bonchev–Trinajstić information content (AvgIpc) is 2.55. The van der Waals surface area contributed by atoms with Crippen molar-refractivity contribution in [2.24, 2.45) is 0 Å². The Labute approximate surface area is 125 Å². The molecule has 1 aliphatic heterocycles. The first-order valence-corrected chi connectivity index (χ1v) is 7.40. The summed E-state index contributed by atoms with van der Waals surface area (Å²) in [6, 6.07) is 9.54. The smallest absolute Gasteiger partial charge is 0.231 e. The maximum Gasteiger partial charge on any atom is 0.231 e. The van der Waals surface area contributed by atoms with Crippen LogP contribution in [0.2, 0.25) is 0 Å². The van der Waals surface area contributed by atoms with Gasteiger partial charge < -0.3 is 20.5 Å². The first-order valence-electron chi connectivity index (χ1n) is 7.40. The molecular weight excluding hydrogens is 268 g/mol. The molecule has 5 nitrogen and oxygen atoms in total. The van der Waals surface area contributed by atoms with Crippen molar-refractivity contribution in [1.82, 2.24) is 10.6 Å². The van der Waals surface area contributed by atoms with Gasteiger partial charge in [-0.1, -0.05) is 30.3 Å². The van der Waals surface area contributed by atoms with E-state index in [1.54, 1.807) is 7.11 Å². The summed E-state index contributed by atoms with van der Waals surface area (Å²) in [5.74, 6) is -0.0219. The minimum Gasteiger partial charge on any atom is -0.394 e. The maximum absolute atomic E-state index is 12.9. The fourth-order valence-electron chi connectivity index (χ4n) is 2.92. The van der Waals surface area contributed by atoms with Gasteiger partial charge in [0.15, 0.2) is 0 Å². The first-order chi connectivity index (χ1) is 10.2. The van der Waals surface area contributed by atoms with Crippen LogP contribution in [0.1, 0.15) is 18.4 Å². The number of hydrogen-bond acceptors (Lipinski definition) is 4. The average molecular weight is 292 g/mol. The molecule has 3 N–H and O–H groups in total. The van der Waals surface area contributed by atoms with Crippen molar-refractivity contribution in [3.05, 3.63) is 35.9 Å². The van der Waals surface area contributed by atoms with Gasteiger partial charge in [0.25, 0.3) is 0 Å². The van der Waals surface area contributed by atoms with Gasteiger partial charge in [-0.25, -0.2) is 0 Å². The molecule has 1 fully saturated rings. The van der Waals surface area contributed by atoms with E-state index in [4.69, 9.17) is 4.74 Å². The maximum atomic E-state index is 12.9. The lowest BCUT2D eigenvalue weighted by molar-refractivity contribution is -0.129. The Kier molecular flexibility index (Phi) is 5.73. The van der Waals surface area contributed by atoms with E-state index in [1.165, 1.54) is 0 Å². The topological polar surface area (TPSA) is 70.6 Å². The van der Waals surface area contributed by atoms with Gasteiger partial charge in [-0.2, -0.15) is 0 Å². The van der Waals surface area contributed by atoms with Crippen molar-refractivity contribution in [1.29, 1.82) is 0 Å². The third-order valence-corrected chi connectivity index (χ3v) is 4.14. The van der Waals surface area contributed by atoms with Crippen LogP contribution in [0, 0.1) is 0 Å². The molecule has 0 aromatic heterocycles. The standard InChI is InChI=1S/C16H24N2O3/c1-21-12-14(11-19)18-15(20)16(7-9-17-10-8-16)13-5-3-2-4-6-13/h2-6,14,17,19H,7-12H2,1H3,(H,18,20). The molecule has 0 bridgehead atoms. The number of nitrogens with one attached hydrogen (secondary N) is 2. The number of aliphatic hydroxyl groups excluding tert-OH is 1. The van der Waals surface area contributed by atoms with Crippen LogP contribution in [-0.2, 0) is 14.9 Å². The number of amides is 1. The summed E-state index contributed by atoms with van der Waals surface area (Å²) in [6.07, 6.45) is 1.52. The summed E-state index contributed by atoms with van der Waals surface area (Å²) in [4.78, 5) is 12.9. The number of ether oxygens (including phenoxy) is 1. The molecule has 1 aliphatic rings. The highest BCUT2D eigenvalue weighted by molar-refractivity contribution is 5.88. The largest absolute Gasteiger partial charge is 0.394 e. The van der Waals surface area contributed by atoms with E-state index in [0.29, 0.717) is 6.61 Å². The third kappa shape index (κ3) is 3.61. The summed E-state index contributed by atoms with van der Waals surface area (Å²) >= 11 is 0. The quantitative estimate of drug-likeness (QED) is 0.711. The normalized spacial score (nSPS) is 19.0. The highest BCUT2D eigenvalue weighted by atomic mass is 16.5. The van der Waals surface area contributed by atoms with Crippen molar-refractivity contribution in [3.8, 4) is 0 Å². The molecular formula is C16H24N2O3. The second-order valence-corrected chi connectivity index (χ2v) is 5.51. The number of benzene rings is 1. The summed E-state index contributed by atoms with van der Waals surface area (Å²) < 4.78 is 5.03. The molecule has 2 rings (SSSR count). The number of piperidine rings is 1. The Morgan fingerprint density at radius 2 is 2.05 bits per heavy atom. The van der Waals surface area contributed by atoms with Gasteiger partial charge in [0.1, 0.15) is 0 Å². The highest BCUT2D eigenvalue weighted by Crippen LogP contribution is 2.33. The minimum absolute atomic E-state index is 0.0219. The summed E-state index contributed by atoms with van der Waals surface area (Å²) in [5.41, 5.74) is 0.520. The molecule has 5 heteroatoms. The summed E-state index contributed by atoms with van der Waals surface area (Å²) in [7, 11) is 1.56. The van der Waals surface area contributed by atoms with Crippen molar-refractivity contribution >= 4 is 5.91 Å². The Morgan fingerprint density at radius 1 is 1.38 bits per heavy atom. The van der Waals surface area contributed by atoms with Crippen LogP contribution in [0.4, 0.5) is 0 Å². The van der Waals surface area contributed by atoms with Gasteiger partial charge in [-0.05, 0) is 31.5 Å². The van der Waals surface area contributed by atoms with Crippen LogP contribution in [-0.4, -0.2) is 50.5 Å². The van der Waals surface area contributed by atoms with Gasteiger partial charge in [0, 0.05) is 7.11 Å². The lowest BCUT2D eigenvalue weighted by Crippen LogP contribution is -2.54. The fourth-order valence-corrected chi connectivity index (χ4v) is 2.92. The SMILES string of the molecule is COCC(CO)NC(=O)C1(c2ccccc2)CCNCC1. The Balaban J connectivity index is 2.21. The van der Waals surface area contributed by atoms with Gasteiger partial charge in [0.05, 0.1) is 24.7 Å². The van der Waals surface area contributed by atoms with E-state index in [1.807, 2.05) is 30.3 Å². The Bertz CT molecular complexity index is 444. The molecule has 0 radical (unpaired) electrons. The number of aliphatic hydroxyl groups is 1. The van der Waals surface area contributed by atoms with E-state index in [2.05, 4.69) is 10.6 Å². The molecule has 1 unspecified atom stereocenters. The van der Waals surface area contributed by atoms with E-state index in [0.717, 1.165) is 31.5 Å². The van der Waals surface area contributed by atoms with Crippen molar-refractivity contribution in [2.75, 3.05) is 33.4 Å². The van der Waals surface area contributed by atoms with Crippen molar-refractivity contribution in [2.45, 2.75) is 24.3 Å². The molecule has 0 saturated carbocycles. The second-order valence-electron chi connectivity index (χ2n) is 5.51. The highest BCUT2D eigenvalue weighted by Gasteiger charge is 2.41.